The van der Waals surface area contributed by atoms with Crippen LogP contribution in [0.4, 0.5) is 0 Å². The lowest BCUT2D eigenvalue weighted by atomic mass is 9.81. The second-order valence-corrected chi connectivity index (χ2v) is 8.32. The Kier molecular flexibility index (Phi) is 3.60. The van der Waals surface area contributed by atoms with Gasteiger partial charge in [-0.15, -0.1) is 11.3 Å². The van der Waals surface area contributed by atoms with Crippen molar-refractivity contribution in [3.63, 3.8) is 0 Å². The smallest absolute Gasteiger partial charge is 0.261 e. The van der Waals surface area contributed by atoms with Crippen LogP contribution in [0.3, 0.4) is 0 Å². The van der Waals surface area contributed by atoms with Crippen molar-refractivity contribution >= 4 is 27.3 Å². The first-order valence-corrected chi connectivity index (χ1v) is 9.20. The van der Waals surface area contributed by atoms with Crippen molar-refractivity contribution in [2.75, 3.05) is 7.05 Å². The van der Waals surface area contributed by atoms with Crippen LogP contribution in [-0.2, 0) is 10.0 Å². The van der Waals surface area contributed by atoms with Crippen molar-refractivity contribution in [2.24, 2.45) is 11.8 Å². The van der Waals surface area contributed by atoms with Crippen molar-refractivity contribution in [2.45, 2.75) is 36.6 Å². The third kappa shape index (κ3) is 2.62. The Hall–Kier alpha value is -0.920. The SMILES string of the molecule is CNS(=O)(=O)c1csc(C(=O)N[C@@H]2C[C@H]2C2CCC2)c1. The molecule has 0 saturated heterocycles. The van der Waals surface area contributed by atoms with Crippen LogP contribution in [0, 0.1) is 11.8 Å². The summed E-state index contributed by atoms with van der Waals surface area (Å²) in [5.41, 5.74) is 0. The molecule has 2 atom stereocenters. The molecule has 0 unspecified atom stereocenters. The van der Waals surface area contributed by atoms with E-state index >= 15 is 0 Å². The second kappa shape index (κ2) is 5.13. The highest BCUT2D eigenvalue weighted by atomic mass is 32.2. The zero-order valence-corrected chi connectivity index (χ0v) is 12.9. The molecule has 0 bridgehead atoms. The number of nitrogens with one attached hydrogen (secondary N) is 2. The van der Waals surface area contributed by atoms with Gasteiger partial charge in [0.05, 0.1) is 9.77 Å². The summed E-state index contributed by atoms with van der Waals surface area (Å²) in [6.07, 6.45) is 4.97. The van der Waals surface area contributed by atoms with Crippen LogP contribution in [0.25, 0.3) is 0 Å². The summed E-state index contributed by atoms with van der Waals surface area (Å²) in [6, 6.07) is 1.73. The highest BCUT2D eigenvalue weighted by Crippen LogP contribution is 2.47. The predicted octanol–water partition coefficient (Wildman–Crippen LogP) is 1.57. The molecule has 2 saturated carbocycles. The average molecular weight is 314 g/mol. The third-order valence-corrected chi connectivity index (χ3v) is 6.76. The zero-order chi connectivity index (χ0) is 14.3. The minimum Gasteiger partial charge on any atom is -0.348 e. The third-order valence-electron chi connectivity index (χ3n) is 4.29. The number of rotatable bonds is 5. The van der Waals surface area contributed by atoms with E-state index in [9.17, 15) is 13.2 Å². The maximum atomic E-state index is 12.1. The first-order chi connectivity index (χ1) is 9.51. The Balaban J connectivity index is 1.61. The average Bonchev–Trinajstić information content (AvgIpc) is 2.92. The van der Waals surface area contributed by atoms with Crippen LogP contribution in [-0.4, -0.2) is 27.4 Å². The van der Waals surface area contributed by atoms with Crippen LogP contribution in [0.2, 0.25) is 0 Å². The van der Waals surface area contributed by atoms with Gasteiger partial charge in [-0.2, -0.15) is 0 Å². The van der Waals surface area contributed by atoms with E-state index in [0.29, 0.717) is 16.8 Å². The van der Waals surface area contributed by atoms with Gasteiger partial charge in [0.1, 0.15) is 0 Å². The van der Waals surface area contributed by atoms with Crippen molar-refractivity contribution < 1.29 is 13.2 Å². The van der Waals surface area contributed by atoms with Crippen LogP contribution in [0.5, 0.6) is 0 Å². The molecule has 1 aromatic heterocycles. The summed E-state index contributed by atoms with van der Waals surface area (Å²) in [5.74, 6) is 1.29. The molecular formula is C13H18N2O3S2. The summed E-state index contributed by atoms with van der Waals surface area (Å²) >= 11 is 1.17. The Morgan fingerprint density at radius 1 is 1.40 bits per heavy atom. The lowest BCUT2D eigenvalue weighted by Crippen LogP contribution is -2.28. The van der Waals surface area contributed by atoms with Gasteiger partial charge in [0, 0.05) is 11.4 Å². The molecule has 0 aromatic carbocycles. The maximum absolute atomic E-state index is 12.1. The first kappa shape index (κ1) is 14.0. The number of hydrogen-bond donors (Lipinski definition) is 2. The van der Waals surface area contributed by atoms with Crippen LogP contribution in [0.1, 0.15) is 35.4 Å². The fourth-order valence-electron chi connectivity index (χ4n) is 2.71. The van der Waals surface area contributed by atoms with Gasteiger partial charge in [0.15, 0.2) is 0 Å². The van der Waals surface area contributed by atoms with Gasteiger partial charge in [0.2, 0.25) is 10.0 Å². The Labute approximate surface area is 122 Å². The number of sulfonamides is 1. The number of thiophene rings is 1. The number of carbonyl (C=O) groups is 1. The van der Waals surface area contributed by atoms with Crippen LogP contribution < -0.4 is 10.0 Å². The van der Waals surface area contributed by atoms with Crippen molar-refractivity contribution in [3.05, 3.63) is 16.3 Å². The number of amides is 1. The molecule has 2 aliphatic carbocycles. The van der Waals surface area contributed by atoms with E-state index in [2.05, 4.69) is 10.0 Å². The minimum absolute atomic E-state index is 0.153. The molecule has 5 nitrogen and oxygen atoms in total. The van der Waals surface area contributed by atoms with E-state index in [0.717, 1.165) is 12.3 Å². The molecule has 110 valence electrons. The molecule has 0 spiro atoms. The van der Waals surface area contributed by atoms with Crippen LogP contribution >= 0.6 is 11.3 Å². The summed E-state index contributed by atoms with van der Waals surface area (Å²) in [7, 11) is -2.10. The molecule has 1 heterocycles. The van der Waals surface area contributed by atoms with E-state index in [1.807, 2.05) is 0 Å². The first-order valence-electron chi connectivity index (χ1n) is 6.84. The normalized spacial score (nSPS) is 26.1. The number of hydrogen-bond acceptors (Lipinski definition) is 4. The fourth-order valence-corrected chi connectivity index (χ4v) is 4.61. The quantitative estimate of drug-likeness (QED) is 0.866. The molecule has 2 fully saturated rings. The lowest BCUT2D eigenvalue weighted by molar-refractivity contribution is 0.0949. The highest BCUT2D eigenvalue weighted by molar-refractivity contribution is 7.89. The Bertz CT molecular complexity index is 619. The van der Waals surface area contributed by atoms with E-state index in [4.69, 9.17) is 0 Å². The zero-order valence-electron chi connectivity index (χ0n) is 11.3. The van der Waals surface area contributed by atoms with Gasteiger partial charge in [0.25, 0.3) is 5.91 Å². The van der Waals surface area contributed by atoms with Gasteiger partial charge < -0.3 is 5.32 Å². The Morgan fingerprint density at radius 2 is 2.15 bits per heavy atom. The van der Waals surface area contributed by atoms with E-state index < -0.39 is 10.0 Å². The Morgan fingerprint density at radius 3 is 2.75 bits per heavy atom. The van der Waals surface area contributed by atoms with E-state index in [1.54, 1.807) is 0 Å². The van der Waals surface area contributed by atoms with Gasteiger partial charge in [-0.3, -0.25) is 4.79 Å². The predicted molar refractivity (Wildman–Crippen MR) is 77.3 cm³/mol. The summed E-state index contributed by atoms with van der Waals surface area (Å²) in [6.45, 7) is 0. The maximum Gasteiger partial charge on any atom is 0.261 e. The monoisotopic (exact) mass is 314 g/mol. The highest BCUT2D eigenvalue weighted by Gasteiger charge is 2.45. The van der Waals surface area contributed by atoms with Crippen LogP contribution in [0.15, 0.2) is 16.3 Å². The summed E-state index contributed by atoms with van der Waals surface area (Å²) in [5, 5.41) is 4.51. The topological polar surface area (TPSA) is 75.3 Å². The van der Waals surface area contributed by atoms with Gasteiger partial charge in [-0.25, -0.2) is 13.1 Å². The van der Waals surface area contributed by atoms with Gasteiger partial charge in [-0.05, 0) is 31.4 Å². The van der Waals surface area contributed by atoms with Crippen molar-refractivity contribution in [1.82, 2.24) is 10.0 Å². The molecule has 20 heavy (non-hydrogen) atoms. The van der Waals surface area contributed by atoms with E-state index in [-0.39, 0.29) is 10.8 Å². The summed E-state index contributed by atoms with van der Waals surface area (Å²) < 4.78 is 25.5. The molecule has 0 radical (unpaired) electrons. The standard InChI is InChI=1S/C13H18N2O3S2/c1-14-20(17,18)9-5-12(19-7-9)13(16)15-11-6-10(11)8-3-2-4-8/h5,7-8,10-11,14H,2-4,6H2,1H3,(H,15,16)/t10-,11+/m0/s1. The largest absolute Gasteiger partial charge is 0.348 e. The minimum atomic E-state index is -3.46. The molecule has 2 N–H and O–H groups in total. The lowest BCUT2D eigenvalue weighted by Gasteiger charge is -2.25. The van der Waals surface area contributed by atoms with Crippen molar-refractivity contribution in [1.29, 1.82) is 0 Å². The van der Waals surface area contributed by atoms with Gasteiger partial charge >= 0.3 is 0 Å². The fraction of sp³-hybridized carbons (Fsp3) is 0.615. The molecule has 3 rings (SSSR count). The molecule has 1 aromatic rings. The molecule has 2 aliphatic rings. The number of carbonyl (C=O) groups excluding carboxylic acids is 1. The molecule has 1 amide bonds. The summed E-state index contributed by atoms with van der Waals surface area (Å²) in [4.78, 5) is 12.7. The van der Waals surface area contributed by atoms with Crippen molar-refractivity contribution in [3.8, 4) is 0 Å². The molecule has 7 heteroatoms. The molecule has 0 aliphatic heterocycles. The van der Waals surface area contributed by atoms with E-state index in [1.165, 1.54) is 49.1 Å². The second-order valence-electron chi connectivity index (χ2n) is 5.52. The van der Waals surface area contributed by atoms with Gasteiger partial charge in [-0.1, -0.05) is 19.3 Å². The molecular weight excluding hydrogens is 296 g/mol.